The molecule has 3 aromatic rings. The van der Waals surface area contributed by atoms with Gasteiger partial charge in [0.2, 0.25) is 0 Å². The van der Waals surface area contributed by atoms with Crippen LogP contribution in [-0.4, -0.2) is 5.91 Å². The predicted molar refractivity (Wildman–Crippen MR) is 106 cm³/mol. The summed E-state index contributed by atoms with van der Waals surface area (Å²) >= 11 is 6.06. The third-order valence-corrected chi connectivity index (χ3v) is 4.27. The number of benzene rings is 2. The van der Waals surface area contributed by atoms with E-state index in [4.69, 9.17) is 16.0 Å². The molecular weight excluding hydrogens is 360 g/mol. The first-order valence-corrected chi connectivity index (χ1v) is 8.75. The van der Waals surface area contributed by atoms with Crippen molar-refractivity contribution in [2.45, 2.75) is 13.5 Å². The lowest BCUT2D eigenvalue weighted by molar-refractivity contribution is -0.117. The fourth-order valence-corrected chi connectivity index (χ4v) is 2.77. The van der Waals surface area contributed by atoms with Gasteiger partial charge in [-0.25, -0.2) is 0 Å². The second-order valence-corrected chi connectivity index (χ2v) is 6.44. The van der Waals surface area contributed by atoms with Gasteiger partial charge in [0.05, 0.1) is 0 Å². The Kier molecular flexibility index (Phi) is 5.75. The topological polar surface area (TPSA) is 66.0 Å². The highest BCUT2D eigenvalue weighted by Crippen LogP contribution is 2.28. The van der Waals surface area contributed by atoms with Gasteiger partial charge >= 0.3 is 0 Å². The Morgan fingerprint density at radius 1 is 1.19 bits per heavy atom. The number of nitrogens with one attached hydrogen (secondary N) is 1. The Hall–Kier alpha value is -3.29. The fraction of sp³-hybridized carbons (Fsp3) is 0.0909. The SMILES string of the molecule is Cc1ccc(Cl)cc1-c1ccc(/C=C(\C#N)C(=O)NCc2ccccc2)o1. The summed E-state index contributed by atoms with van der Waals surface area (Å²) in [4.78, 5) is 12.3. The summed E-state index contributed by atoms with van der Waals surface area (Å²) < 4.78 is 5.78. The van der Waals surface area contributed by atoms with Gasteiger partial charge in [0.1, 0.15) is 23.2 Å². The van der Waals surface area contributed by atoms with Crippen LogP contribution in [0.4, 0.5) is 0 Å². The van der Waals surface area contributed by atoms with Crippen molar-refractivity contribution in [2.24, 2.45) is 0 Å². The number of furan rings is 1. The fourth-order valence-electron chi connectivity index (χ4n) is 2.60. The van der Waals surface area contributed by atoms with Crippen molar-refractivity contribution in [3.05, 3.63) is 88.1 Å². The van der Waals surface area contributed by atoms with Crippen LogP contribution < -0.4 is 5.32 Å². The van der Waals surface area contributed by atoms with E-state index in [0.717, 1.165) is 16.7 Å². The van der Waals surface area contributed by atoms with Crippen molar-refractivity contribution < 1.29 is 9.21 Å². The molecule has 0 unspecified atom stereocenters. The molecule has 3 rings (SSSR count). The summed E-state index contributed by atoms with van der Waals surface area (Å²) in [6.07, 6.45) is 1.43. The highest BCUT2D eigenvalue weighted by Gasteiger charge is 2.12. The molecule has 0 aliphatic rings. The van der Waals surface area contributed by atoms with Crippen LogP contribution in [0.25, 0.3) is 17.4 Å². The van der Waals surface area contributed by atoms with E-state index in [1.54, 1.807) is 12.1 Å². The predicted octanol–water partition coefficient (Wildman–Crippen LogP) is 5.13. The normalized spacial score (nSPS) is 11.1. The summed E-state index contributed by atoms with van der Waals surface area (Å²) in [7, 11) is 0. The molecule has 4 nitrogen and oxygen atoms in total. The largest absolute Gasteiger partial charge is 0.457 e. The van der Waals surface area contributed by atoms with Gasteiger partial charge in [-0.2, -0.15) is 5.26 Å². The van der Waals surface area contributed by atoms with E-state index in [0.29, 0.717) is 23.1 Å². The third kappa shape index (κ3) is 4.66. The molecule has 0 saturated carbocycles. The Bertz CT molecular complexity index is 1030. The molecule has 0 atom stereocenters. The maximum atomic E-state index is 12.3. The summed E-state index contributed by atoms with van der Waals surface area (Å²) in [5, 5.41) is 12.7. The number of hydrogen-bond donors (Lipinski definition) is 1. The van der Waals surface area contributed by atoms with Gasteiger partial charge in [-0.1, -0.05) is 48.0 Å². The number of nitrogens with zero attached hydrogens (tertiary/aromatic N) is 1. The minimum Gasteiger partial charge on any atom is -0.457 e. The van der Waals surface area contributed by atoms with Crippen LogP contribution in [-0.2, 0) is 11.3 Å². The molecule has 27 heavy (non-hydrogen) atoms. The monoisotopic (exact) mass is 376 g/mol. The molecule has 134 valence electrons. The lowest BCUT2D eigenvalue weighted by Gasteiger charge is -2.04. The molecule has 1 aromatic heterocycles. The second-order valence-electron chi connectivity index (χ2n) is 6.00. The van der Waals surface area contributed by atoms with E-state index in [1.165, 1.54) is 6.08 Å². The number of amides is 1. The molecule has 0 aliphatic heterocycles. The first-order chi connectivity index (χ1) is 13.1. The number of rotatable bonds is 5. The first-order valence-electron chi connectivity index (χ1n) is 8.37. The van der Waals surface area contributed by atoms with Gasteiger partial charge in [0.15, 0.2) is 0 Å². The number of carbonyl (C=O) groups excluding carboxylic acids is 1. The van der Waals surface area contributed by atoms with Crippen LogP contribution in [0.3, 0.4) is 0 Å². The van der Waals surface area contributed by atoms with E-state index in [1.807, 2.05) is 61.5 Å². The van der Waals surface area contributed by atoms with Crippen LogP contribution in [0.15, 0.2) is 70.7 Å². The summed E-state index contributed by atoms with van der Waals surface area (Å²) in [5.41, 5.74) is 2.83. The van der Waals surface area contributed by atoms with E-state index in [9.17, 15) is 10.1 Å². The maximum Gasteiger partial charge on any atom is 0.262 e. The second kappa shape index (κ2) is 8.39. The molecule has 0 saturated heterocycles. The van der Waals surface area contributed by atoms with Crippen molar-refractivity contribution in [3.63, 3.8) is 0 Å². The summed E-state index contributed by atoms with van der Waals surface area (Å²) in [6, 6.07) is 20.5. The van der Waals surface area contributed by atoms with Crippen LogP contribution in [0.1, 0.15) is 16.9 Å². The highest BCUT2D eigenvalue weighted by atomic mass is 35.5. The molecule has 0 fully saturated rings. The Morgan fingerprint density at radius 2 is 1.96 bits per heavy atom. The molecule has 1 amide bonds. The van der Waals surface area contributed by atoms with Crippen molar-refractivity contribution in [1.29, 1.82) is 5.26 Å². The van der Waals surface area contributed by atoms with Gasteiger partial charge in [-0.15, -0.1) is 0 Å². The number of hydrogen-bond acceptors (Lipinski definition) is 3. The molecular formula is C22H17ClN2O2. The number of carbonyl (C=O) groups is 1. The Morgan fingerprint density at radius 3 is 2.70 bits per heavy atom. The zero-order valence-corrected chi connectivity index (χ0v) is 15.5. The van der Waals surface area contributed by atoms with Gasteiger partial charge in [0.25, 0.3) is 5.91 Å². The van der Waals surface area contributed by atoms with E-state index >= 15 is 0 Å². The van der Waals surface area contributed by atoms with E-state index in [2.05, 4.69) is 5.32 Å². The lowest BCUT2D eigenvalue weighted by atomic mass is 10.1. The average molecular weight is 377 g/mol. The lowest BCUT2D eigenvalue weighted by Crippen LogP contribution is -2.23. The smallest absolute Gasteiger partial charge is 0.262 e. The van der Waals surface area contributed by atoms with Crippen LogP contribution in [0, 0.1) is 18.3 Å². The zero-order valence-electron chi connectivity index (χ0n) is 14.7. The summed E-state index contributed by atoms with van der Waals surface area (Å²) in [5.74, 6) is 0.609. The number of aryl methyl sites for hydroxylation is 1. The van der Waals surface area contributed by atoms with Crippen molar-refractivity contribution >= 4 is 23.6 Å². The Labute approximate surface area is 162 Å². The average Bonchev–Trinajstić information content (AvgIpc) is 3.15. The quantitative estimate of drug-likeness (QED) is 0.495. The summed E-state index contributed by atoms with van der Waals surface area (Å²) in [6.45, 7) is 2.31. The first kappa shape index (κ1) is 18.5. The van der Waals surface area contributed by atoms with E-state index < -0.39 is 5.91 Å². The standard InChI is InChI=1S/C22H17ClN2O2/c1-15-7-8-18(23)12-20(15)21-10-9-19(27-21)11-17(13-24)22(26)25-14-16-5-3-2-4-6-16/h2-12H,14H2,1H3,(H,25,26)/b17-11+. The van der Waals surface area contributed by atoms with Crippen LogP contribution >= 0.6 is 11.6 Å². The van der Waals surface area contributed by atoms with Crippen molar-refractivity contribution in [2.75, 3.05) is 0 Å². The van der Waals surface area contributed by atoms with Crippen molar-refractivity contribution in [1.82, 2.24) is 5.32 Å². The molecule has 0 bridgehead atoms. The molecule has 0 spiro atoms. The van der Waals surface area contributed by atoms with Gasteiger partial charge in [-0.05, 0) is 42.3 Å². The Balaban J connectivity index is 1.76. The van der Waals surface area contributed by atoms with E-state index in [-0.39, 0.29) is 5.57 Å². The highest BCUT2D eigenvalue weighted by molar-refractivity contribution is 6.30. The van der Waals surface area contributed by atoms with Gasteiger partial charge in [-0.3, -0.25) is 4.79 Å². The zero-order chi connectivity index (χ0) is 19.2. The molecule has 0 aliphatic carbocycles. The van der Waals surface area contributed by atoms with Gasteiger partial charge in [0, 0.05) is 23.2 Å². The van der Waals surface area contributed by atoms with Gasteiger partial charge < -0.3 is 9.73 Å². The van der Waals surface area contributed by atoms with Crippen molar-refractivity contribution in [3.8, 4) is 17.4 Å². The molecule has 2 aromatic carbocycles. The molecule has 1 heterocycles. The number of nitriles is 1. The van der Waals surface area contributed by atoms with Crippen LogP contribution in [0.2, 0.25) is 5.02 Å². The molecule has 0 radical (unpaired) electrons. The van der Waals surface area contributed by atoms with Crippen LogP contribution in [0.5, 0.6) is 0 Å². The number of halogens is 1. The molecule has 5 heteroatoms. The molecule has 1 N–H and O–H groups in total. The minimum atomic E-state index is -0.446. The third-order valence-electron chi connectivity index (χ3n) is 4.04. The minimum absolute atomic E-state index is 0.0188. The maximum absolute atomic E-state index is 12.3.